The topological polar surface area (TPSA) is 48.1 Å². The average Bonchev–Trinajstić information content (AvgIpc) is 2.68. The summed E-state index contributed by atoms with van der Waals surface area (Å²) in [4.78, 5) is 4.98. The zero-order valence-corrected chi connectivity index (χ0v) is 11.1. The number of aromatic nitrogens is 1. The molecule has 1 rings (SSSR count). The van der Waals surface area contributed by atoms with Gasteiger partial charge < -0.3 is 10.5 Å². The third-order valence-electron chi connectivity index (χ3n) is 2.65. The second-order valence-corrected chi connectivity index (χ2v) is 4.96. The van der Waals surface area contributed by atoms with Crippen LogP contribution in [-0.2, 0) is 11.2 Å². The van der Waals surface area contributed by atoms with Crippen molar-refractivity contribution < 1.29 is 17.9 Å². The number of thiazole rings is 1. The van der Waals surface area contributed by atoms with Crippen molar-refractivity contribution in [3.05, 3.63) is 16.1 Å². The molecule has 1 heterocycles. The number of halogens is 3. The maximum Gasteiger partial charge on any atom is 0.416 e. The predicted molar refractivity (Wildman–Crippen MR) is 64.6 cm³/mol. The molecule has 1 aromatic rings. The lowest BCUT2D eigenvalue weighted by molar-refractivity contribution is -0.226. The van der Waals surface area contributed by atoms with Gasteiger partial charge in [-0.1, -0.05) is 6.92 Å². The second kappa shape index (κ2) is 6.49. The van der Waals surface area contributed by atoms with Crippen molar-refractivity contribution in [2.75, 3.05) is 6.61 Å². The molecule has 0 aromatic carbocycles. The zero-order chi connectivity index (χ0) is 13.8. The molecule has 3 nitrogen and oxygen atoms in total. The largest absolute Gasteiger partial charge is 0.416 e. The van der Waals surface area contributed by atoms with E-state index in [4.69, 9.17) is 10.5 Å². The van der Waals surface area contributed by atoms with E-state index in [1.165, 1.54) is 11.3 Å². The monoisotopic (exact) mass is 282 g/mol. The van der Waals surface area contributed by atoms with E-state index >= 15 is 0 Å². The first-order valence-corrected chi connectivity index (χ1v) is 6.57. The Kier molecular flexibility index (Phi) is 5.55. The summed E-state index contributed by atoms with van der Waals surface area (Å²) in [6.45, 7) is 3.44. The van der Waals surface area contributed by atoms with Crippen molar-refractivity contribution in [3.8, 4) is 0 Å². The molecule has 0 aliphatic rings. The lowest BCUT2D eigenvalue weighted by Crippen LogP contribution is -2.46. The van der Waals surface area contributed by atoms with Gasteiger partial charge in [-0.3, -0.25) is 0 Å². The summed E-state index contributed by atoms with van der Waals surface area (Å²) >= 11 is 1.42. The van der Waals surface area contributed by atoms with Crippen LogP contribution in [0, 0.1) is 6.92 Å². The molecule has 0 radical (unpaired) electrons. The Morgan fingerprint density at radius 1 is 1.50 bits per heavy atom. The van der Waals surface area contributed by atoms with Crippen LogP contribution in [0.5, 0.6) is 0 Å². The van der Waals surface area contributed by atoms with E-state index in [2.05, 4.69) is 4.98 Å². The van der Waals surface area contributed by atoms with Crippen LogP contribution in [0.3, 0.4) is 0 Å². The van der Waals surface area contributed by atoms with Crippen molar-refractivity contribution >= 4 is 11.3 Å². The molecule has 1 aromatic heterocycles. The smallest absolute Gasteiger partial charge is 0.367 e. The number of ether oxygens (including phenoxy) is 1. The van der Waals surface area contributed by atoms with Crippen LogP contribution in [0.4, 0.5) is 13.2 Å². The Morgan fingerprint density at radius 2 is 2.17 bits per heavy atom. The van der Waals surface area contributed by atoms with Crippen LogP contribution in [0.15, 0.2) is 5.51 Å². The maximum absolute atomic E-state index is 12.7. The molecule has 0 aliphatic carbocycles. The zero-order valence-electron chi connectivity index (χ0n) is 10.3. The van der Waals surface area contributed by atoms with Gasteiger partial charge in [-0.2, -0.15) is 13.2 Å². The molecule has 2 atom stereocenters. The summed E-state index contributed by atoms with van der Waals surface area (Å²) in [5, 5.41) is 0. The molecule has 0 saturated heterocycles. The van der Waals surface area contributed by atoms with E-state index in [0.29, 0.717) is 6.42 Å². The van der Waals surface area contributed by atoms with E-state index < -0.39 is 18.3 Å². The highest BCUT2D eigenvalue weighted by atomic mass is 32.1. The number of rotatable bonds is 6. The van der Waals surface area contributed by atoms with Gasteiger partial charge in [-0.25, -0.2) is 4.98 Å². The fraction of sp³-hybridized carbons (Fsp3) is 0.727. The molecule has 0 amide bonds. The van der Waals surface area contributed by atoms with E-state index in [-0.39, 0.29) is 13.0 Å². The molecule has 0 aliphatic heterocycles. The van der Waals surface area contributed by atoms with Crippen molar-refractivity contribution in [1.82, 2.24) is 4.98 Å². The van der Waals surface area contributed by atoms with Crippen molar-refractivity contribution in [3.63, 3.8) is 0 Å². The fourth-order valence-corrected chi connectivity index (χ4v) is 2.28. The van der Waals surface area contributed by atoms with Crippen LogP contribution in [0.25, 0.3) is 0 Å². The number of aryl methyl sites for hydroxylation is 1. The Labute approximate surface area is 108 Å². The minimum atomic E-state index is -4.42. The van der Waals surface area contributed by atoms with Gasteiger partial charge in [0.15, 0.2) is 6.10 Å². The number of hydrogen-bond donors (Lipinski definition) is 1. The molecule has 18 heavy (non-hydrogen) atoms. The molecular formula is C11H17F3N2OS. The van der Waals surface area contributed by atoms with Gasteiger partial charge in [-0.15, -0.1) is 11.3 Å². The minimum absolute atomic E-state index is 0.000903. The summed E-state index contributed by atoms with van der Waals surface area (Å²) in [6, 6.07) is -1.02. The molecule has 2 N–H and O–H groups in total. The summed E-state index contributed by atoms with van der Waals surface area (Å²) in [5.74, 6) is 0. The molecule has 0 bridgehead atoms. The quantitative estimate of drug-likeness (QED) is 0.872. The summed E-state index contributed by atoms with van der Waals surface area (Å²) in [6.07, 6.45) is -5.66. The van der Waals surface area contributed by atoms with E-state index in [9.17, 15) is 13.2 Å². The highest BCUT2D eigenvalue weighted by Crippen LogP contribution is 2.26. The highest BCUT2D eigenvalue weighted by molar-refractivity contribution is 7.09. The SMILES string of the molecule is CCC(N)C(OCCc1scnc1C)C(F)(F)F. The first kappa shape index (κ1) is 15.4. The van der Waals surface area contributed by atoms with Gasteiger partial charge in [0.25, 0.3) is 0 Å². The highest BCUT2D eigenvalue weighted by Gasteiger charge is 2.43. The predicted octanol–water partition coefficient (Wildman–Crippen LogP) is 2.68. The third-order valence-corrected chi connectivity index (χ3v) is 3.65. The molecule has 0 spiro atoms. The molecule has 2 unspecified atom stereocenters. The van der Waals surface area contributed by atoms with E-state index in [1.807, 2.05) is 6.92 Å². The van der Waals surface area contributed by atoms with Crippen LogP contribution < -0.4 is 5.73 Å². The standard InChI is InChI=1S/C11H17F3N2OS/c1-3-8(15)10(11(12,13)14)17-5-4-9-7(2)16-6-18-9/h6,8,10H,3-5,15H2,1-2H3. The number of alkyl halides is 3. The van der Waals surface area contributed by atoms with Crippen molar-refractivity contribution in [1.29, 1.82) is 0 Å². The van der Waals surface area contributed by atoms with Crippen molar-refractivity contribution in [2.45, 2.75) is 45.0 Å². The first-order chi connectivity index (χ1) is 8.36. The Morgan fingerprint density at radius 3 is 2.61 bits per heavy atom. The van der Waals surface area contributed by atoms with Gasteiger partial charge in [0.2, 0.25) is 0 Å². The van der Waals surface area contributed by atoms with Gasteiger partial charge in [0.1, 0.15) is 0 Å². The van der Waals surface area contributed by atoms with Crippen molar-refractivity contribution in [2.24, 2.45) is 5.73 Å². The fourth-order valence-electron chi connectivity index (χ4n) is 1.52. The first-order valence-electron chi connectivity index (χ1n) is 5.69. The molecule has 7 heteroatoms. The minimum Gasteiger partial charge on any atom is -0.367 e. The Hall–Kier alpha value is -0.660. The number of nitrogens with two attached hydrogens (primary N) is 1. The van der Waals surface area contributed by atoms with Gasteiger partial charge in [-0.05, 0) is 13.3 Å². The van der Waals surface area contributed by atoms with Crippen LogP contribution in [0.2, 0.25) is 0 Å². The van der Waals surface area contributed by atoms with Gasteiger partial charge in [0.05, 0.1) is 17.8 Å². The molecule has 0 saturated carbocycles. The van der Waals surface area contributed by atoms with E-state index in [0.717, 1.165) is 10.6 Å². The third kappa shape index (κ3) is 4.22. The number of nitrogens with zero attached hydrogens (tertiary/aromatic N) is 1. The second-order valence-electron chi connectivity index (χ2n) is 4.02. The lowest BCUT2D eigenvalue weighted by atomic mass is 10.1. The van der Waals surface area contributed by atoms with Crippen LogP contribution in [-0.4, -0.2) is 29.9 Å². The molecule has 0 fully saturated rings. The maximum atomic E-state index is 12.7. The Bertz CT molecular complexity index is 367. The van der Waals surface area contributed by atoms with E-state index in [1.54, 1.807) is 12.4 Å². The molecular weight excluding hydrogens is 265 g/mol. The molecule has 104 valence electrons. The van der Waals surface area contributed by atoms with Crippen LogP contribution >= 0.6 is 11.3 Å². The lowest BCUT2D eigenvalue weighted by Gasteiger charge is -2.25. The summed E-state index contributed by atoms with van der Waals surface area (Å²) in [7, 11) is 0. The average molecular weight is 282 g/mol. The normalized spacial score (nSPS) is 15.7. The Balaban J connectivity index is 2.50. The van der Waals surface area contributed by atoms with Gasteiger partial charge >= 0.3 is 6.18 Å². The van der Waals surface area contributed by atoms with Crippen LogP contribution in [0.1, 0.15) is 23.9 Å². The summed E-state index contributed by atoms with van der Waals surface area (Å²) in [5.41, 5.74) is 7.95. The van der Waals surface area contributed by atoms with Gasteiger partial charge in [0, 0.05) is 17.3 Å². The number of hydrogen-bond acceptors (Lipinski definition) is 4. The summed E-state index contributed by atoms with van der Waals surface area (Å²) < 4.78 is 43.0.